The average Bonchev–Trinajstić information content (AvgIpc) is 2.54. The number of rotatable bonds is 3. The van der Waals surface area contributed by atoms with Gasteiger partial charge in [-0.1, -0.05) is 36.4 Å². The zero-order valence-electron chi connectivity index (χ0n) is 11.8. The lowest BCUT2D eigenvalue weighted by molar-refractivity contribution is 0.378. The third-order valence-corrected chi connectivity index (χ3v) is 5.67. The van der Waals surface area contributed by atoms with Crippen LogP contribution < -0.4 is 4.74 Å². The summed E-state index contributed by atoms with van der Waals surface area (Å²) < 4.78 is 32.4. The minimum Gasteiger partial charge on any atom is -0.495 e. The van der Waals surface area contributed by atoms with Crippen LogP contribution in [0.4, 0.5) is 0 Å². The van der Waals surface area contributed by atoms with E-state index >= 15 is 0 Å². The number of para-hydroxylation sites is 1. The summed E-state index contributed by atoms with van der Waals surface area (Å²) in [4.78, 5) is 0.229. The van der Waals surface area contributed by atoms with Gasteiger partial charge in [0.1, 0.15) is 10.6 Å². The quantitative estimate of drug-likeness (QED) is 0.875. The number of fused-ring (bicyclic) bond motifs is 1. The molecule has 0 saturated carbocycles. The van der Waals surface area contributed by atoms with Gasteiger partial charge in [0.15, 0.2) is 0 Å². The summed E-state index contributed by atoms with van der Waals surface area (Å²) >= 11 is 0. The minimum absolute atomic E-state index is 0.229. The lowest BCUT2D eigenvalue weighted by atomic mass is 10.0. The van der Waals surface area contributed by atoms with E-state index in [4.69, 9.17) is 4.74 Å². The van der Waals surface area contributed by atoms with Crippen LogP contribution in [0.2, 0.25) is 0 Å². The number of hydrogen-bond donors (Lipinski definition) is 0. The summed E-state index contributed by atoms with van der Waals surface area (Å²) in [7, 11) is -2.05. The van der Waals surface area contributed by atoms with Gasteiger partial charge in [0.05, 0.1) is 7.11 Å². The average molecular weight is 303 g/mol. The number of ether oxygens (including phenoxy) is 1. The van der Waals surface area contributed by atoms with Gasteiger partial charge in [-0.3, -0.25) is 0 Å². The van der Waals surface area contributed by atoms with E-state index in [9.17, 15) is 8.42 Å². The molecular formula is C16H17NO3S. The van der Waals surface area contributed by atoms with Crippen LogP contribution in [0.5, 0.6) is 5.75 Å². The fraction of sp³-hybridized carbons (Fsp3) is 0.250. The standard InChI is InChI=1S/C16H17NO3S/c1-20-15-8-4-5-9-16(15)21(18,19)17-11-10-13-6-2-3-7-14(13)12-17/h2-9H,10-12H2,1H3. The topological polar surface area (TPSA) is 46.6 Å². The van der Waals surface area contributed by atoms with Crippen molar-refractivity contribution in [1.82, 2.24) is 4.31 Å². The Hall–Kier alpha value is -1.85. The second kappa shape index (κ2) is 5.50. The highest BCUT2D eigenvalue weighted by atomic mass is 32.2. The van der Waals surface area contributed by atoms with Crippen molar-refractivity contribution in [3.63, 3.8) is 0 Å². The number of methoxy groups -OCH3 is 1. The van der Waals surface area contributed by atoms with Gasteiger partial charge in [-0.05, 0) is 29.7 Å². The Morgan fingerprint density at radius 1 is 1.00 bits per heavy atom. The minimum atomic E-state index is -3.54. The highest BCUT2D eigenvalue weighted by molar-refractivity contribution is 7.89. The molecule has 2 aromatic carbocycles. The van der Waals surface area contributed by atoms with Crippen molar-refractivity contribution in [2.45, 2.75) is 17.9 Å². The number of nitrogens with zero attached hydrogens (tertiary/aromatic N) is 1. The Kier molecular flexibility index (Phi) is 3.69. The summed E-state index contributed by atoms with van der Waals surface area (Å²) in [5, 5.41) is 0. The highest BCUT2D eigenvalue weighted by Gasteiger charge is 2.30. The van der Waals surface area contributed by atoms with Crippen molar-refractivity contribution in [2.24, 2.45) is 0 Å². The van der Waals surface area contributed by atoms with Crippen LogP contribution in [0.25, 0.3) is 0 Å². The van der Waals surface area contributed by atoms with Crippen molar-refractivity contribution in [3.05, 3.63) is 59.7 Å². The van der Waals surface area contributed by atoms with Gasteiger partial charge in [0, 0.05) is 13.1 Å². The van der Waals surface area contributed by atoms with E-state index in [-0.39, 0.29) is 4.90 Å². The SMILES string of the molecule is COc1ccccc1S(=O)(=O)N1CCc2ccccc2C1. The van der Waals surface area contributed by atoms with Crippen LogP contribution in [-0.2, 0) is 23.0 Å². The molecule has 0 unspecified atom stereocenters. The lowest BCUT2D eigenvalue weighted by Gasteiger charge is -2.28. The molecule has 0 bridgehead atoms. The monoisotopic (exact) mass is 303 g/mol. The van der Waals surface area contributed by atoms with Crippen molar-refractivity contribution < 1.29 is 13.2 Å². The number of hydrogen-bond acceptors (Lipinski definition) is 3. The van der Waals surface area contributed by atoms with Crippen LogP contribution >= 0.6 is 0 Å². The molecule has 0 N–H and O–H groups in total. The normalized spacial score (nSPS) is 15.5. The van der Waals surface area contributed by atoms with Crippen LogP contribution in [0.15, 0.2) is 53.4 Å². The Labute approximate surface area is 125 Å². The first-order chi connectivity index (χ1) is 10.1. The molecule has 5 heteroatoms. The molecule has 3 rings (SSSR count). The molecule has 1 aliphatic heterocycles. The molecule has 2 aromatic rings. The molecule has 0 amide bonds. The van der Waals surface area contributed by atoms with Gasteiger partial charge >= 0.3 is 0 Å². The maximum absolute atomic E-state index is 12.8. The lowest BCUT2D eigenvalue weighted by Crippen LogP contribution is -2.36. The van der Waals surface area contributed by atoms with Crippen LogP contribution in [-0.4, -0.2) is 26.4 Å². The molecule has 4 nitrogen and oxygen atoms in total. The predicted octanol–water partition coefficient (Wildman–Crippen LogP) is 2.44. The van der Waals surface area contributed by atoms with Crippen LogP contribution in [0, 0.1) is 0 Å². The van der Waals surface area contributed by atoms with Crippen LogP contribution in [0.3, 0.4) is 0 Å². The smallest absolute Gasteiger partial charge is 0.247 e. The molecule has 0 radical (unpaired) electrons. The van der Waals surface area contributed by atoms with Crippen molar-refractivity contribution in [1.29, 1.82) is 0 Å². The van der Waals surface area contributed by atoms with Crippen molar-refractivity contribution in [3.8, 4) is 5.75 Å². The first-order valence-electron chi connectivity index (χ1n) is 6.83. The Balaban J connectivity index is 1.97. The van der Waals surface area contributed by atoms with E-state index < -0.39 is 10.0 Å². The largest absolute Gasteiger partial charge is 0.495 e. The second-order valence-electron chi connectivity index (χ2n) is 5.01. The first-order valence-corrected chi connectivity index (χ1v) is 8.27. The second-order valence-corrected chi connectivity index (χ2v) is 6.91. The molecule has 110 valence electrons. The molecule has 1 heterocycles. The van der Waals surface area contributed by atoms with E-state index in [1.54, 1.807) is 24.3 Å². The Morgan fingerprint density at radius 2 is 1.67 bits per heavy atom. The Bertz CT molecular complexity index is 756. The third-order valence-electron chi connectivity index (χ3n) is 3.78. The zero-order chi connectivity index (χ0) is 14.9. The summed E-state index contributed by atoms with van der Waals surface area (Å²) in [6.45, 7) is 0.911. The van der Waals surface area contributed by atoms with Gasteiger partial charge in [-0.2, -0.15) is 4.31 Å². The molecule has 21 heavy (non-hydrogen) atoms. The Morgan fingerprint density at radius 3 is 2.43 bits per heavy atom. The molecule has 0 fully saturated rings. The van der Waals surface area contributed by atoms with E-state index in [2.05, 4.69) is 6.07 Å². The van der Waals surface area contributed by atoms with Crippen LogP contribution in [0.1, 0.15) is 11.1 Å². The van der Waals surface area contributed by atoms with Gasteiger partial charge in [0.25, 0.3) is 0 Å². The molecule has 0 atom stereocenters. The van der Waals surface area contributed by atoms with Gasteiger partial charge in [-0.25, -0.2) is 8.42 Å². The van der Waals surface area contributed by atoms with E-state index in [0.29, 0.717) is 18.8 Å². The van der Waals surface area contributed by atoms with Crippen molar-refractivity contribution in [2.75, 3.05) is 13.7 Å². The molecule has 0 aliphatic carbocycles. The first kappa shape index (κ1) is 14.1. The van der Waals surface area contributed by atoms with Crippen molar-refractivity contribution >= 4 is 10.0 Å². The summed E-state index contributed by atoms with van der Waals surface area (Å²) in [6, 6.07) is 14.7. The maximum atomic E-state index is 12.8. The molecule has 1 aliphatic rings. The predicted molar refractivity (Wildman–Crippen MR) is 80.7 cm³/mol. The number of sulfonamides is 1. The summed E-state index contributed by atoms with van der Waals surface area (Å²) in [5.41, 5.74) is 2.30. The number of benzene rings is 2. The highest BCUT2D eigenvalue weighted by Crippen LogP contribution is 2.29. The maximum Gasteiger partial charge on any atom is 0.247 e. The van der Waals surface area contributed by atoms with Gasteiger partial charge in [0.2, 0.25) is 10.0 Å². The fourth-order valence-electron chi connectivity index (χ4n) is 2.65. The van der Waals surface area contributed by atoms with E-state index in [1.165, 1.54) is 17.0 Å². The summed E-state index contributed by atoms with van der Waals surface area (Å²) in [5.74, 6) is 0.386. The fourth-order valence-corrected chi connectivity index (χ4v) is 4.22. The molecule has 0 spiro atoms. The molecule has 0 saturated heterocycles. The van der Waals surface area contributed by atoms with E-state index in [0.717, 1.165) is 12.0 Å². The zero-order valence-corrected chi connectivity index (χ0v) is 12.6. The van der Waals surface area contributed by atoms with Gasteiger partial charge in [-0.15, -0.1) is 0 Å². The third kappa shape index (κ3) is 2.54. The molecular weight excluding hydrogens is 286 g/mol. The molecule has 0 aromatic heterocycles. The summed E-state index contributed by atoms with van der Waals surface area (Å²) in [6.07, 6.45) is 0.741. The van der Waals surface area contributed by atoms with E-state index in [1.807, 2.05) is 18.2 Å². The van der Waals surface area contributed by atoms with Gasteiger partial charge < -0.3 is 4.74 Å².